The summed E-state index contributed by atoms with van der Waals surface area (Å²) in [5.41, 5.74) is 0. The van der Waals surface area contributed by atoms with Crippen LogP contribution in [-0.2, 0) is 0 Å². The number of hydrogen-bond donors (Lipinski definition) is 2. The van der Waals surface area contributed by atoms with Gasteiger partial charge in [0.05, 0.1) is 6.04 Å². The zero-order valence-corrected chi connectivity index (χ0v) is 13.2. The summed E-state index contributed by atoms with van der Waals surface area (Å²) in [6.07, 6.45) is 9.65. The highest BCUT2D eigenvalue weighted by Crippen LogP contribution is 2.22. The average molecular weight is 294 g/mol. The molecule has 1 heterocycles. The largest absolute Gasteiger partial charge is 0.335 e. The van der Waals surface area contributed by atoms with E-state index in [2.05, 4.69) is 29.0 Å². The molecule has 0 unspecified atom stereocenters. The standard InChI is InChI=1S/C16H26N2OS/c1-2-14(15-11-8-12-20-15)18-16(19)17-13-9-6-4-3-5-7-10-13/h8,11-14H,2-7,9-10H2,1H3,(H2,17,18,19)/t14-/m1/s1. The van der Waals surface area contributed by atoms with E-state index in [9.17, 15) is 4.79 Å². The number of carbonyl (C=O) groups is 1. The van der Waals surface area contributed by atoms with E-state index in [0.29, 0.717) is 6.04 Å². The Bertz CT molecular complexity index is 383. The van der Waals surface area contributed by atoms with Crippen LogP contribution in [-0.4, -0.2) is 12.1 Å². The molecule has 1 aliphatic rings. The van der Waals surface area contributed by atoms with Crippen LogP contribution in [0.2, 0.25) is 0 Å². The molecule has 1 aromatic rings. The molecule has 112 valence electrons. The average Bonchev–Trinajstić information content (AvgIpc) is 2.93. The summed E-state index contributed by atoms with van der Waals surface area (Å²) in [5.74, 6) is 0. The summed E-state index contributed by atoms with van der Waals surface area (Å²) in [6.45, 7) is 2.11. The second kappa shape index (κ2) is 8.30. The van der Waals surface area contributed by atoms with Crippen LogP contribution in [0.1, 0.15) is 69.2 Å². The third-order valence-corrected chi connectivity index (χ3v) is 5.03. The Morgan fingerprint density at radius 1 is 1.30 bits per heavy atom. The monoisotopic (exact) mass is 294 g/mol. The molecular formula is C16H26N2OS. The first-order valence-electron chi connectivity index (χ1n) is 7.90. The minimum Gasteiger partial charge on any atom is -0.335 e. The quantitative estimate of drug-likeness (QED) is 0.836. The molecule has 1 aliphatic carbocycles. The van der Waals surface area contributed by atoms with Gasteiger partial charge in [0.25, 0.3) is 0 Å². The normalized spacial score (nSPS) is 18.9. The van der Waals surface area contributed by atoms with Gasteiger partial charge in [0.1, 0.15) is 0 Å². The molecule has 2 N–H and O–H groups in total. The summed E-state index contributed by atoms with van der Waals surface area (Å²) < 4.78 is 0. The second-order valence-electron chi connectivity index (χ2n) is 5.64. The highest BCUT2D eigenvalue weighted by molar-refractivity contribution is 7.10. The molecule has 20 heavy (non-hydrogen) atoms. The van der Waals surface area contributed by atoms with Crippen molar-refractivity contribution in [2.24, 2.45) is 0 Å². The second-order valence-corrected chi connectivity index (χ2v) is 6.62. The SMILES string of the molecule is CC[C@@H](NC(=O)NC1CCCCCCC1)c1cccs1. The lowest BCUT2D eigenvalue weighted by atomic mass is 9.97. The van der Waals surface area contributed by atoms with Gasteiger partial charge in [0.2, 0.25) is 0 Å². The molecule has 2 rings (SSSR count). The first-order chi connectivity index (χ1) is 9.79. The minimum absolute atomic E-state index is 0.00387. The van der Waals surface area contributed by atoms with Gasteiger partial charge in [0, 0.05) is 10.9 Å². The van der Waals surface area contributed by atoms with Gasteiger partial charge in [-0.3, -0.25) is 0 Å². The van der Waals surface area contributed by atoms with Crippen LogP contribution in [0.25, 0.3) is 0 Å². The van der Waals surface area contributed by atoms with Gasteiger partial charge < -0.3 is 10.6 Å². The Hall–Kier alpha value is -1.03. The Morgan fingerprint density at radius 3 is 2.60 bits per heavy atom. The predicted molar refractivity (Wildman–Crippen MR) is 85.1 cm³/mol. The number of carbonyl (C=O) groups excluding carboxylic acids is 1. The number of amides is 2. The van der Waals surface area contributed by atoms with Crippen LogP contribution >= 0.6 is 11.3 Å². The molecular weight excluding hydrogens is 268 g/mol. The Labute approximate surface area is 126 Å². The Kier molecular flexibility index (Phi) is 6.37. The fourth-order valence-corrected chi connectivity index (χ4v) is 3.71. The van der Waals surface area contributed by atoms with Crippen LogP contribution in [0.15, 0.2) is 17.5 Å². The van der Waals surface area contributed by atoms with Crippen LogP contribution in [0.5, 0.6) is 0 Å². The highest BCUT2D eigenvalue weighted by atomic mass is 32.1. The van der Waals surface area contributed by atoms with Crippen molar-refractivity contribution < 1.29 is 4.79 Å². The van der Waals surface area contributed by atoms with Crippen LogP contribution in [0, 0.1) is 0 Å². The number of thiophene rings is 1. The molecule has 0 spiro atoms. The highest BCUT2D eigenvalue weighted by Gasteiger charge is 2.17. The summed E-state index contributed by atoms with van der Waals surface area (Å²) in [4.78, 5) is 13.4. The van der Waals surface area contributed by atoms with Gasteiger partial charge in [-0.1, -0.05) is 45.1 Å². The topological polar surface area (TPSA) is 41.1 Å². The summed E-state index contributed by atoms with van der Waals surface area (Å²) in [6, 6.07) is 4.63. The van der Waals surface area contributed by atoms with Crippen molar-refractivity contribution in [3.8, 4) is 0 Å². The van der Waals surface area contributed by atoms with E-state index in [1.165, 1.54) is 37.0 Å². The first-order valence-corrected chi connectivity index (χ1v) is 8.78. The maximum absolute atomic E-state index is 12.2. The van der Waals surface area contributed by atoms with E-state index in [-0.39, 0.29) is 12.1 Å². The van der Waals surface area contributed by atoms with Crippen LogP contribution in [0.4, 0.5) is 4.79 Å². The van der Waals surface area contributed by atoms with Crippen LogP contribution in [0.3, 0.4) is 0 Å². The molecule has 4 heteroatoms. The number of nitrogens with one attached hydrogen (secondary N) is 2. The summed E-state index contributed by atoms with van der Waals surface area (Å²) in [5, 5.41) is 8.34. The van der Waals surface area contributed by atoms with Gasteiger partial charge in [0.15, 0.2) is 0 Å². The van der Waals surface area contributed by atoms with Gasteiger partial charge in [-0.05, 0) is 30.7 Å². The number of hydrogen-bond acceptors (Lipinski definition) is 2. The van der Waals surface area contributed by atoms with Gasteiger partial charge in [-0.15, -0.1) is 11.3 Å². The third-order valence-electron chi connectivity index (χ3n) is 4.04. The fraction of sp³-hybridized carbons (Fsp3) is 0.688. The van der Waals surface area contributed by atoms with Crippen LogP contribution < -0.4 is 10.6 Å². The zero-order valence-electron chi connectivity index (χ0n) is 12.4. The molecule has 2 amide bonds. The van der Waals surface area contributed by atoms with Crippen molar-refractivity contribution in [2.75, 3.05) is 0 Å². The predicted octanol–water partition coefficient (Wildman–Crippen LogP) is 4.61. The molecule has 1 fully saturated rings. The van der Waals surface area contributed by atoms with Crippen molar-refractivity contribution in [1.29, 1.82) is 0 Å². The lowest BCUT2D eigenvalue weighted by Crippen LogP contribution is -2.43. The van der Waals surface area contributed by atoms with E-state index in [1.54, 1.807) is 11.3 Å². The van der Waals surface area contributed by atoms with Gasteiger partial charge in [-0.2, -0.15) is 0 Å². The third kappa shape index (κ3) is 4.82. The smallest absolute Gasteiger partial charge is 0.315 e. The maximum atomic E-state index is 12.2. The van der Waals surface area contributed by atoms with Gasteiger partial charge in [-0.25, -0.2) is 4.79 Å². The first kappa shape index (κ1) is 15.4. The summed E-state index contributed by atoms with van der Waals surface area (Å²) >= 11 is 1.71. The number of rotatable bonds is 4. The molecule has 1 aromatic heterocycles. The van der Waals surface area contributed by atoms with Crippen molar-refractivity contribution >= 4 is 17.4 Å². The molecule has 3 nitrogen and oxygen atoms in total. The van der Waals surface area contributed by atoms with Crippen molar-refractivity contribution in [2.45, 2.75) is 70.4 Å². The van der Waals surface area contributed by atoms with Gasteiger partial charge >= 0.3 is 6.03 Å². The van der Waals surface area contributed by atoms with E-state index in [4.69, 9.17) is 0 Å². The molecule has 0 aliphatic heterocycles. The van der Waals surface area contributed by atoms with E-state index in [0.717, 1.165) is 19.3 Å². The fourth-order valence-electron chi connectivity index (χ4n) is 2.85. The van der Waals surface area contributed by atoms with Crippen molar-refractivity contribution in [3.05, 3.63) is 22.4 Å². The minimum atomic E-state index is -0.00387. The van der Waals surface area contributed by atoms with E-state index in [1.807, 2.05) is 6.07 Å². The number of urea groups is 1. The lowest BCUT2D eigenvalue weighted by Gasteiger charge is -2.23. The molecule has 0 bridgehead atoms. The van der Waals surface area contributed by atoms with E-state index >= 15 is 0 Å². The zero-order chi connectivity index (χ0) is 14.2. The lowest BCUT2D eigenvalue weighted by molar-refractivity contribution is 0.230. The van der Waals surface area contributed by atoms with E-state index < -0.39 is 0 Å². The maximum Gasteiger partial charge on any atom is 0.315 e. The molecule has 0 aromatic carbocycles. The molecule has 0 saturated heterocycles. The van der Waals surface area contributed by atoms with Crippen molar-refractivity contribution in [3.63, 3.8) is 0 Å². The van der Waals surface area contributed by atoms with Crippen molar-refractivity contribution in [1.82, 2.24) is 10.6 Å². The Morgan fingerprint density at radius 2 is 2.00 bits per heavy atom. The Balaban J connectivity index is 1.81. The molecule has 1 saturated carbocycles. The molecule has 1 atom stereocenters. The molecule has 0 radical (unpaired) electrons. The summed E-state index contributed by atoms with van der Waals surface area (Å²) in [7, 11) is 0.